The number of hydrogen-bond acceptors (Lipinski definition) is 10. The van der Waals surface area contributed by atoms with Crippen molar-refractivity contribution >= 4 is 30.5 Å². The number of esters is 1. The van der Waals surface area contributed by atoms with Crippen molar-refractivity contribution in [3.8, 4) is 5.75 Å². The topological polar surface area (TPSA) is 153 Å². The van der Waals surface area contributed by atoms with E-state index in [4.69, 9.17) is 24.5 Å². The minimum Gasteiger partial charge on any atom is -0.465 e. The smallest absolute Gasteiger partial charge is 0.342 e. The molecule has 14 heteroatoms. The highest BCUT2D eigenvalue weighted by Gasteiger charge is 2.36. The maximum atomic E-state index is 14.9. The van der Waals surface area contributed by atoms with Gasteiger partial charge < -0.3 is 24.5 Å². The number of nitrogen functional groups attached to an aromatic ring is 1. The van der Waals surface area contributed by atoms with Gasteiger partial charge in [-0.3, -0.25) is 13.9 Å². The van der Waals surface area contributed by atoms with Crippen LogP contribution in [0, 0.1) is 0 Å². The van der Waals surface area contributed by atoms with Gasteiger partial charge in [-0.15, -0.1) is 0 Å². The Balaban J connectivity index is 1.47. The highest BCUT2D eigenvalue weighted by molar-refractivity contribution is 7.57. The lowest BCUT2D eigenvalue weighted by atomic mass is 10.2. The minimum atomic E-state index is -3.87. The molecule has 1 unspecified atom stereocenters. The molecule has 0 spiro atoms. The monoisotopic (exact) mass is 548 g/mol. The number of nitrogens with zero attached hydrogens (tertiary/aromatic N) is 4. The number of imidazole rings is 1. The molecule has 0 radical (unpaired) electrons. The Bertz CT molecular complexity index is 1320. The summed E-state index contributed by atoms with van der Waals surface area (Å²) in [6, 6.07) is 7.54. The van der Waals surface area contributed by atoms with E-state index >= 15 is 0 Å². The molecule has 0 bridgehead atoms. The molecule has 1 aliphatic rings. The normalized spacial score (nSPS) is 19.6. The van der Waals surface area contributed by atoms with Gasteiger partial charge >= 0.3 is 13.5 Å². The van der Waals surface area contributed by atoms with Crippen molar-refractivity contribution in [1.82, 2.24) is 24.6 Å². The van der Waals surface area contributed by atoms with Gasteiger partial charge in [-0.1, -0.05) is 38.5 Å². The Hall–Kier alpha value is -3.38. The third kappa shape index (κ3) is 6.54. The van der Waals surface area contributed by atoms with Crippen molar-refractivity contribution in [3.05, 3.63) is 54.9 Å². The zero-order valence-corrected chi connectivity index (χ0v) is 21.9. The van der Waals surface area contributed by atoms with Crippen molar-refractivity contribution in [3.63, 3.8) is 0 Å². The number of unbranched alkanes of at least 4 members (excludes halogenated alkanes) is 1. The fourth-order valence-corrected chi connectivity index (χ4v) is 5.40. The summed E-state index contributed by atoms with van der Waals surface area (Å²) in [6.07, 6.45) is 2.59. The van der Waals surface area contributed by atoms with Crippen LogP contribution in [0.4, 0.5) is 10.2 Å². The number of rotatable bonds is 13. The van der Waals surface area contributed by atoms with Gasteiger partial charge in [0.15, 0.2) is 36.2 Å². The standard InChI is InChI=1S/C24H30FN6O6P/c1-3-5-11-34-24(32)18(4-2)30-38(33,37-16-9-7-6-8-10-16)15-35-19-12-17(25)23(36-19)31-14-29-20-21(26)27-13-28-22(20)31/h6-10,12-14,18-19,23H,3-5,11,15H2,1-2H3,(H,30,33)(H2,26,27,28)/t18-,19-,23+,38?/m0/s1. The fraction of sp³-hybridized carbons (Fsp3) is 0.417. The van der Waals surface area contributed by atoms with Gasteiger partial charge in [0.1, 0.15) is 23.6 Å². The van der Waals surface area contributed by atoms with Gasteiger partial charge in [0.05, 0.1) is 12.9 Å². The average molecular weight is 549 g/mol. The van der Waals surface area contributed by atoms with Crippen LogP contribution in [-0.2, 0) is 23.6 Å². The second kappa shape index (κ2) is 12.4. The van der Waals surface area contributed by atoms with E-state index in [1.807, 2.05) is 6.92 Å². The number of para-hydroxylation sites is 1. The molecule has 3 aromatic rings. The molecule has 0 saturated heterocycles. The third-order valence-electron chi connectivity index (χ3n) is 5.63. The van der Waals surface area contributed by atoms with E-state index in [2.05, 4.69) is 20.0 Å². The molecule has 3 heterocycles. The van der Waals surface area contributed by atoms with Crippen LogP contribution < -0.4 is 15.3 Å². The maximum absolute atomic E-state index is 14.9. The van der Waals surface area contributed by atoms with E-state index < -0.39 is 44.2 Å². The summed E-state index contributed by atoms with van der Waals surface area (Å²) >= 11 is 0. The van der Waals surface area contributed by atoms with Gasteiger partial charge in [-0.25, -0.2) is 24.4 Å². The molecular weight excluding hydrogens is 518 g/mol. The summed E-state index contributed by atoms with van der Waals surface area (Å²) in [5.41, 5.74) is 6.39. The lowest BCUT2D eigenvalue weighted by Gasteiger charge is -2.25. The van der Waals surface area contributed by atoms with Crippen molar-refractivity contribution in [1.29, 1.82) is 0 Å². The molecular formula is C24H30FN6O6P. The van der Waals surface area contributed by atoms with E-state index in [-0.39, 0.29) is 18.1 Å². The van der Waals surface area contributed by atoms with Gasteiger partial charge in [-0.05, 0) is 25.0 Å². The summed E-state index contributed by atoms with van der Waals surface area (Å²) in [4.78, 5) is 24.7. The first-order valence-corrected chi connectivity index (χ1v) is 14.0. The molecule has 1 aliphatic heterocycles. The second-order valence-electron chi connectivity index (χ2n) is 8.48. The molecule has 4 atom stereocenters. The molecule has 0 aliphatic carbocycles. The zero-order valence-electron chi connectivity index (χ0n) is 21.0. The van der Waals surface area contributed by atoms with E-state index in [0.29, 0.717) is 24.1 Å². The van der Waals surface area contributed by atoms with E-state index in [1.54, 1.807) is 37.3 Å². The van der Waals surface area contributed by atoms with Crippen molar-refractivity contribution in [2.75, 3.05) is 18.7 Å². The highest BCUT2D eigenvalue weighted by Crippen LogP contribution is 2.45. The van der Waals surface area contributed by atoms with Crippen LogP contribution in [-0.4, -0.2) is 50.8 Å². The number of fused-ring (bicyclic) bond motifs is 1. The van der Waals surface area contributed by atoms with Crippen molar-refractivity contribution in [2.24, 2.45) is 0 Å². The number of ether oxygens (including phenoxy) is 3. The molecule has 4 rings (SSSR count). The zero-order chi connectivity index (χ0) is 27.1. The van der Waals surface area contributed by atoms with Gasteiger partial charge in [0.25, 0.3) is 0 Å². The molecule has 0 fully saturated rings. The van der Waals surface area contributed by atoms with Crippen LogP contribution in [0.5, 0.6) is 5.75 Å². The lowest BCUT2D eigenvalue weighted by Crippen LogP contribution is -2.38. The Morgan fingerprint density at radius 1 is 1.26 bits per heavy atom. The number of carbonyl (C=O) groups excluding carboxylic acids is 1. The Labute approximate surface area is 218 Å². The number of anilines is 1. The Kier molecular flexibility index (Phi) is 9.05. The Morgan fingerprint density at radius 3 is 2.79 bits per heavy atom. The number of benzene rings is 1. The van der Waals surface area contributed by atoms with Crippen molar-refractivity contribution in [2.45, 2.75) is 51.7 Å². The quantitative estimate of drug-likeness (QED) is 0.180. The number of nitrogens with one attached hydrogen (secondary N) is 1. The van der Waals surface area contributed by atoms with Crippen molar-refractivity contribution < 1.29 is 32.5 Å². The van der Waals surface area contributed by atoms with Crippen LogP contribution in [0.15, 0.2) is 54.9 Å². The van der Waals surface area contributed by atoms with Crippen LogP contribution in [0.25, 0.3) is 11.2 Å². The first-order valence-electron chi connectivity index (χ1n) is 12.2. The number of carbonyl (C=O) groups is 1. The first kappa shape index (κ1) is 27.6. The number of aromatic nitrogens is 4. The summed E-state index contributed by atoms with van der Waals surface area (Å²) in [6.45, 7) is 3.99. The van der Waals surface area contributed by atoms with E-state index in [9.17, 15) is 13.8 Å². The SMILES string of the molecule is CCCCOC(=O)[C@H](CC)NP(=O)(CO[C@@H]1C=C(F)[C@H](n2cnc3c(N)ncnc32)O1)Oc1ccccc1. The molecule has 2 aromatic heterocycles. The van der Waals surface area contributed by atoms with Gasteiger partial charge in [0, 0.05) is 6.08 Å². The predicted molar refractivity (Wildman–Crippen MR) is 137 cm³/mol. The predicted octanol–water partition coefficient (Wildman–Crippen LogP) is 4.07. The maximum Gasteiger partial charge on any atom is 0.342 e. The largest absolute Gasteiger partial charge is 0.465 e. The second-order valence-corrected chi connectivity index (χ2v) is 10.5. The number of hydrogen-bond donors (Lipinski definition) is 2. The average Bonchev–Trinajstić information content (AvgIpc) is 3.50. The van der Waals surface area contributed by atoms with Crippen LogP contribution in [0.1, 0.15) is 39.3 Å². The minimum absolute atomic E-state index is 0.146. The van der Waals surface area contributed by atoms with E-state index in [1.165, 1.54) is 17.2 Å². The molecule has 12 nitrogen and oxygen atoms in total. The summed E-state index contributed by atoms with van der Waals surface area (Å²) in [5, 5.41) is 2.78. The first-order chi connectivity index (χ1) is 18.3. The Morgan fingerprint density at radius 2 is 2.05 bits per heavy atom. The molecule has 38 heavy (non-hydrogen) atoms. The molecule has 0 amide bonds. The number of halogens is 1. The highest BCUT2D eigenvalue weighted by atomic mass is 31.2. The summed E-state index contributed by atoms with van der Waals surface area (Å²) in [7, 11) is -3.87. The van der Waals surface area contributed by atoms with E-state index in [0.717, 1.165) is 12.5 Å². The van der Waals surface area contributed by atoms with Gasteiger partial charge in [-0.2, -0.15) is 0 Å². The molecule has 1 aromatic carbocycles. The van der Waals surface area contributed by atoms with Crippen LogP contribution >= 0.6 is 7.52 Å². The summed E-state index contributed by atoms with van der Waals surface area (Å²) in [5.74, 6) is -0.763. The van der Waals surface area contributed by atoms with Gasteiger partial charge in [0.2, 0.25) is 0 Å². The lowest BCUT2D eigenvalue weighted by molar-refractivity contribution is -0.146. The third-order valence-corrected chi connectivity index (χ3v) is 7.33. The molecule has 204 valence electrons. The molecule has 0 saturated carbocycles. The fourth-order valence-electron chi connectivity index (χ4n) is 3.65. The molecule has 3 N–H and O–H groups in total. The summed E-state index contributed by atoms with van der Waals surface area (Å²) < 4.78 is 52.5. The number of nitrogens with two attached hydrogens (primary N) is 1. The van der Waals surface area contributed by atoms with Crippen LogP contribution in [0.3, 0.4) is 0 Å². The van der Waals surface area contributed by atoms with Crippen LogP contribution in [0.2, 0.25) is 0 Å².